The van der Waals surface area contributed by atoms with Gasteiger partial charge in [0.15, 0.2) is 5.82 Å². The van der Waals surface area contributed by atoms with Gasteiger partial charge in [0.2, 0.25) is 0 Å². The lowest BCUT2D eigenvalue weighted by molar-refractivity contribution is 0.178. The van der Waals surface area contributed by atoms with Gasteiger partial charge in [-0.25, -0.2) is 4.98 Å². The maximum absolute atomic E-state index is 5.84. The van der Waals surface area contributed by atoms with Crippen molar-refractivity contribution in [1.29, 1.82) is 0 Å². The molecule has 3 aromatic rings. The third-order valence-electron chi connectivity index (χ3n) is 3.76. The molecule has 6 nitrogen and oxygen atoms in total. The number of aromatic nitrogens is 4. The first-order valence-corrected chi connectivity index (χ1v) is 7.24. The summed E-state index contributed by atoms with van der Waals surface area (Å²) in [5, 5.41) is 4.46. The van der Waals surface area contributed by atoms with Crippen LogP contribution in [-0.2, 0) is 17.8 Å². The van der Waals surface area contributed by atoms with Crippen molar-refractivity contribution in [2.75, 3.05) is 7.11 Å². The first-order valence-electron chi connectivity index (χ1n) is 7.24. The van der Waals surface area contributed by atoms with E-state index in [1.807, 2.05) is 6.07 Å². The molecule has 0 saturated carbocycles. The van der Waals surface area contributed by atoms with Gasteiger partial charge in [0.1, 0.15) is 18.5 Å². The Morgan fingerprint density at radius 1 is 1.36 bits per heavy atom. The summed E-state index contributed by atoms with van der Waals surface area (Å²) >= 11 is 0. The third kappa shape index (κ3) is 2.12. The van der Waals surface area contributed by atoms with Gasteiger partial charge in [0.25, 0.3) is 5.78 Å². The van der Waals surface area contributed by atoms with Crippen LogP contribution in [0.2, 0.25) is 0 Å². The van der Waals surface area contributed by atoms with Crippen molar-refractivity contribution in [2.45, 2.75) is 26.1 Å². The molecule has 4 rings (SSSR count). The van der Waals surface area contributed by atoms with E-state index in [1.54, 1.807) is 17.8 Å². The first-order chi connectivity index (χ1) is 10.7. The number of nitrogens with zero attached hydrogens (tertiary/aromatic N) is 4. The summed E-state index contributed by atoms with van der Waals surface area (Å²) in [5.74, 6) is 2.14. The van der Waals surface area contributed by atoms with Gasteiger partial charge >= 0.3 is 0 Å². The van der Waals surface area contributed by atoms with Crippen molar-refractivity contribution >= 4 is 5.78 Å². The molecule has 1 aliphatic heterocycles. The molecule has 0 aliphatic carbocycles. The maximum atomic E-state index is 5.84. The van der Waals surface area contributed by atoms with Crippen molar-refractivity contribution in [1.82, 2.24) is 19.6 Å². The Labute approximate surface area is 127 Å². The molecule has 0 radical (unpaired) electrons. The standard InChI is InChI=1S/C16H16N4O2/c1-10-7-12-4-3-11(8-14(12)22-10)13-5-6-17-16-18-15(9-21-2)19-20(13)16/h3-6,8,10H,7,9H2,1-2H3. The summed E-state index contributed by atoms with van der Waals surface area (Å²) < 4.78 is 12.7. The minimum atomic E-state index is 0.238. The van der Waals surface area contributed by atoms with Gasteiger partial charge in [0.05, 0.1) is 5.69 Å². The molecule has 0 spiro atoms. The van der Waals surface area contributed by atoms with Crippen LogP contribution >= 0.6 is 0 Å². The summed E-state index contributed by atoms with van der Waals surface area (Å²) in [4.78, 5) is 8.62. The van der Waals surface area contributed by atoms with Gasteiger partial charge in [-0.05, 0) is 24.6 Å². The summed E-state index contributed by atoms with van der Waals surface area (Å²) in [6.45, 7) is 2.45. The van der Waals surface area contributed by atoms with E-state index in [-0.39, 0.29) is 6.10 Å². The lowest BCUT2D eigenvalue weighted by atomic mass is 10.1. The van der Waals surface area contributed by atoms with Crippen LogP contribution in [0.4, 0.5) is 0 Å². The summed E-state index contributed by atoms with van der Waals surface area (Å²) in [7, 11) is 1.62. The zero-order valence-corrected chi connectivity index (χ0v) is 12.5. The van der Waals surface area contributed by atoms with Crippen LogP contribution in [0.1, 0.15) is 18.3 Å². The van der Waals surface area contributed by atoms with E-state index in [2.05, 4.69) is 40.2 Å². The second-order valence-electron chi connectivity index (χ2n) is 5.46. The van der Waals surface area contributed by atoms with E-state index >= 15 is 0 Å². The fourth-order valence-electron chi connectivity index (χ4n) is 2.80. The summed E-state index contributed by atoms with van der Waals surface area (Å²) in [6, 6.07) is 8.20. The fraction of sp³-hybridized carbons (Fsp3) is 0.312. The molecule has 2 aromatic heterocycles. The molecule has 0 fully saturated rings. The lowest BCUT2D eigenvalue weighted by Crippen LogP contribution is -2.05. The van der Waals surface area contributed by atoms with E-state index in [1.165, 1.54) is 5.56 Å². The van der Waals surface area contributed by atoms with E-state index < -0.39 is 0 Å². The van der Waals surface area contributed by atoms with Crippen LogP contribution in [0.25, 0.3) is 17.0 Å². The number of benzene rings is 1. The molecule has 0 bridgehead atoms. The lowest BCUT2D eigenvalue weighted by Gasteiger charge is -2.06. The summed E-state index contributed by atoms with van der Waals surface area (Å²) in [6.07, 6.45) is 2.94. The fourth-order valence-corrected chi connectivity index (χ4v) is 2.80. The highest BCUT2D eigenvalue weighted by atomic mass is 16.5. The highest BCUT2D eigenvalue weighted by Gasteiger charge is 2.20. The molecule has 0 saturated heterocycles. The number of rotatable bonds is 3. The average Bonchev–Trinajstić information content (AvgIpc) is 3.07. The van der Waals surface area contributed by atoms with E-state index in [0.29, 0.717) is 18.2 Å². The minimum Gasteiger partial charge on any atom is -0.490 e. The molecule has 22 heavy (non-hydrogen) atoms. The van der Waals surface area contributed by atoms with Gasteiger partial charge in [-0.2, -0.15) is 9.50 Å². The normalized spacial score (nSPS) is 16.7. The van der Waals surface area contributed by atoms with E-state index in [4.69, 9.17) is 9.47 Å². The number of hydrogen-bond donors (Lipinski definition) is 0. The molecule has 0 N–H and O–H groups in total. The SMILES string of the molecule is COCc1nc2nccc(-c3ccc4c(c3)OC(C)C4)n2n1. The van der Waals surface area contributed by atoms with Gasteiger partial charge in [-0.15, -0.1) is 5.10 Å². The monoisotopic (exact) mass is 296 g/mol. The number of methoxy groups -OCH3 is 1. The predicted molar refractivity (Wildman–Crippen MR) is 80.7 cm³/mol. The van der Waals surface area contributed by atoms with Crippen LogP contribution in [0.15, 0.2) is 30.5 Å². The second kappa shape index (κ2) is 5.06. The molecule has 1 aromatic carbocycles. The molecular formula is C16H16N4O2. The van der Waals surface area contributed by atoms with Crippen molar-refractivity contribution in [3.63, 3.8) is 0 Å². The van der Waals surface area contributed by atoms with Gasteiger partial charge in [-0.1, -0.05) is 12.1 Å². The highest BCUT2D eigenvalue weighted by molar-refractivity contribution is 5.64. The highest BCUT2D eigenvalue weighted by Crippen LogP contribution is 2.33. The van der Waals surface area contributed by atoms with Crippen molar-refractivity contribution in [3.05, 3.63) is 41.9 Å². The molecule has 6 heteroatoms. The molecule has 0 amide bonds. The van der Waals surface area contributed by atoms with Gasteiger partial charge in [-0.3, -0.25) is 0 Å². The maximum Gasteiger partial charge on any atom is 0.253 e. The Bertz CT molecular complexity index is 843. The minimum absolute atomic E-state index is 0.238. The Kier molecular flexibility index (Phi) is 3.04. The second-order valence-corrected chi connectivity index (χ2v) is 5.46. The smallest absolute Gasteiger partial charge is 0.253 e. The largest absolute Gasteiger partial charge is 0.490 e. The van der Waals surface area contributed by atoms with Gasteiger partial charge in [0, 0.05) is 25.3 Å². The Hall–Kier alpha value is -2.47. The molecule has 1 atom stereocenters. The quantitative estimate of drug-likeness (QED) is 0.742. The van der Waals surface area contributed by atoms with Crippen molar-refractivity contribution in [3.8, 4) is 17.0 Å². The Balaban J connectivity index is 1.82. The van der Waals surface area contributed by atoms with Crippen LogP contribution in [-0.4, -0.2) is 32.8 Å². The molecule has 112 valence electrons. The first kappa shape index (κ1) is 13.2. The predicted octanol–water partition coefficient (Wildman–Crippen LogP) is 2.26. The van der Waals surface area contributed by atoms with Gasteiger partial charge < -0.3 is 9.47 Å². The molecular weight excluding hydrogens is 280 g/mol. The number of hydrogen-bond acceptors (Lipinski definition) is 5. The third-order valence-corrected chi connectivity index (χ3v) is 3.76. The zero-order valence-electron chi connectivity index (χ0n) is 12.5. The van der Waals surface area contributed by atoms with E-state index in [0.717, 1.165) is 23.4 Å². The average molecular weight is 296 g/mol. The van der Waals surface area contributed by atoms with E-state index in [9.17, 15) is 0 Å². The number of ether oxygens (including phenoxy) is 2. The molecule has 1 aliphatic rings. The number of fused-ring (bicyclic) bond motifs is 2. The van der Waals surface area contributed by atoms with Crippen LogP contribution in [0.5, 0.6) is 5.75 Å². The van der Waals surface area contributed by atoms with Crippen LogP contribution in [0.3, 0.4) is 0 Å². The molecule has 3 heterocycles. The Morgan fingerprint density at radius 2 is 2.27 bits per heavy atom. The zero-order chi connectivity index (χ0) is 15.1. The summed E-state index contributed by atoms with van der Waals surface area (Å²) in [5.41, 5.74) is 3.22. The molecule has 1 unspecified atom stereocenters. The van der Waals surface area contributed by atoms with Crippen molar-refractivity contribution < 1.29 is 9.47 Å². The van der Waals surface area contributed by atoms with Crippen molar-refractivity contribution in [2.24, 2.45) is 0 Å². The van der Waals surface area contributed by atoms with Crippen LogP contribution < -0.4 is 4.74 Å². The Morgan fingerprint density at radius 3 is 3.14 bits per heavy atom. The topological polar surface area (TPSA) is 61.5 Å². The van der Waals surface area contributed by atoms with Crippen LogP contribution in [0, 0.1) is 0 Å².